The molecule has 0 aliphatic carbocycles. The maximum Gasteiger partial charge on any atom is 0.261 e. The van der Waals surface area contributed by atoms with Gasteiger partial charge >= 0.3 is 0 Å². The van der Waals surface area contributed by atoms with Gasteiger partial charge in [0.2, 0.25) is 0 Å². The minimum atomic E-state index is -0.136. The molecular formula is C54H69N3O4. The standard InChI is InChI=1S/C54H69N3O4/c1-7-12-15-39(10-4)35-57-52(46-23-19-42(20-24-46)43-25-29-47(30-26-43)60-36-38(6)9-3)50-49(54(57)59)51(56(53(50)58)34-14-33-55)45-21-17-41(18-22-45)44-27-31-48(32-28-44)61-37-40(11-5)16-13-8-2/h17-32,38-40H,7-16,33-37,55H2,1-6H3. The molecule has 4 aromatic rings. The number of benzene rings is 4. The van der Waals surface area contributed by atoms with E-state index in [1.54, 1.807) is 4.90 Å². The molecule has 2 N–H and O–H groups in total. The monoisotopic (exact) mass is 824 g/mol. The molecular weight excluding hydrogens is 755 g/mol. The van der Waals surface area contributed by atoms with Gasteiger partial charge in [0.1, 0.15) is 11.5 Å². The van der Waals surface area contributed by atoms with Crippen LogP contribution in [0.3, 0.4) is 0 Å². The summed E-state index contributed by atoms with van der Waals surface area (Å²) in [6, 6.07) is 33.1. The van der Waals surface area contributed by atoms with Gasteiger partial charge in [-0.1, -0.05) is 159 Å². The van der Waals surface area contributed by atoms with Crippen molar-refractivity contribution in [2.75, 3.05) is 32.8 Å². The minimum absolute atomic E-state index is 0.102. The molecule has 7 nitrogen and oxygen atoms in total. The van der Waals surface area contributed by atoms with Crippen LogP contribution >= 0.6 is 0 Å². The van der Waals surface area contributed by atoms with Crippen LogP contribution in [0, 0.1) is 17.8 Å². The van der Waals surface area contributed by atoms with Gasteiger partial charge < -0.3 is 25.0 Å². The van der Waals surface area contributed by atoms with E-state index < -0.39 is 0 Å². The number of unbranched alkanes of at least 4 members (excludes halogenated alkanes) is 2. The van der Waals surface area contributed by atoms with Crippen molar-refractivity contribution in [2.24, 2.45) is 23.5 Å². The smallest absolute Gasteiger partial charge is 0.261 e. The molecule has 324 valence electrons. The van der Waals surface area contributed by atoms with E-state index in [9.17, 15) is 9.59 Å². The fourth-order valence-electron chi connectivity index (χ4n) is 8.41. The van der Waals surface area contributed by atoms with E-state index in [0.29, 0.717) is 73.0 Å². The lowest BCUT2D eigenvalue weighted by atomic mass is 9.97. The molecule has 2 aliphatic rings. The molecule has 6 rings (SSSR count). The van der Waals surface area contributed by atoms with Crippen molar-refractivity contribution in [3.05, 3.63) is 119 Å². The normalized spacial score (nSPS) is 15.5. The van der Waals surface area contributed by atoms with Gasteiger partial charge in [0, 0.05) is 13.1 Å². The average molecular weight is 824 g/mol. The summed E-state index contributed by atoms with van der Waals surface area (Å²) < 4.78 is 12.2. The number of ether oxygens (including phenoxy) is 2. The first kappa shape index (κ1) is 45.4. The second kappa shape index (κ2) is 22.1. The molecule has 61 heavy (non-hydrogen) atoms. The summed E-state index contributed by atoms with van der Waals surface area (Å²) in [4.78, 5) is 33.5. The van der Waals surface area contributed by atoms with Gasteiger partial charge in [0.25, 0.3) is 11.8 Å². The summed E-state index contributed by atoms with van der Waals surface area (Å²) in [6.45, 7) is 16.1. The zero-order valence-corrected chi connectivity index (χ0v) is 37.7. The van der Waals surface area contributed by atoms with Gasteiger partial charge in [0.15, 0.2) is 0 Å². The predicted molar refractivity (Wildman–Crippen MR) is 252 cm³/mol. The molecule has 0 fully saturated rings. The Labute approximate surface area is 366 Å². The summed E-state index contributed by atoms with van der Waals surface area (Å²) in [6.07, 6.45) is 10.6. The van der Waals surface area contributed by atoms with Crippen LogP contribution in [0.1, 0.15) is 117 Å². The van der Waals surface area contributed by atoms with Crippen LogP contribution in [0.25, 0.3) is 33.6 Å². The first-order chi connectivity index (χ1) is 29.7. The molecule has 7 heteroatoms. The molecule has 0 saturated carbocycles. The van der Waals surface area contributed by atoms with Crippen molar-refractivity contribution in [3.63, 3.8) is 0 Å². The molecule has 0 bridgehead atoms. The lowest BCUT2D eigenvalue weighted by molar-refractivity contribution is -0.124. The van der Waals surface area contributed by atoms with Gasteiger partial charge in [-0.2, -0.15) is 0 Å². The Bertz CT molecular complexity index is 2100. The lowest BCUT2D eigenvalue weighted by Crippen LogP contribution is -2.33. The molecule has 0 aromatic heterocycles. The van der Waals surface area contributed by atoms with Crippen LogP contribution < -0.4 is 15.2 Å². The highest BCUT2D eigenvalue weighted by Crippen LogP contribution is 2.47. The Morgan fingerprint density at radius 3 is 1.36 bits per heavy atom. The van der Waals surface area contributed by atoms with Crippen molar-refractivity contribution >= 4 is 23.2 Å². The molecule has 0 spiro atoms. The van der Waals surface area contributed by atoms with E-state index in [0.717, 1.165) is 90.0 Å². The first-order valence-electron chi connectivity index (χ1n) is 23.2. The third kappa shape index (κ3) is 10.9. The third-order valence-corrected chi connectivity index (χ3v) is 12.7. The molecule has 0 radical (unpaired) electrons. The predicted octanol–water partition coefficient (Wildman–Crippen LogP) is 12.4. The average Bonchev–Trinajstić information content (AvgIpc) is 3.75. The van der Waals surface area contributed by atoms with E-state index in [1.165, 1.54) is 19.3 Å². The van der Waals surface area contributed by atoms with Crippen LogP contribution in [0.4, 0.5) is 0 Å². The van der Waals surface area contributed by atoms with Gasteiger partial charge in [0.05, 0.1) is 35.8 Å². The number of hydrogen-bond donors (Lipinski definition) is 1. The number of nitrogens with zero attached hydrogens (tertiary/aromatic N) is 2. The van der Waals surface area contributed by atoms with E-state index in [2.05, 4.69) is 114 Å². The number of carbonyl (C=O) groups is 2. The topological polar surface area (TPSA) is 85.1 Å². The zero-order chi connectivity index (χ0) is 43.3. The Balaban J connectivity index is 1.34. The Morgan fingerprint density at radius 2 is 0.918 bits per heavy atom. The van der Waals surface area contributed by atoms with Crippen LogP contribution in [-0.4, -0.2) is 54.5 Å². The number of carbonyl (C=O) groups excluding carboxylic acids is 2. The highest BCUT2D eigenvalue weighted by atomic mass is 16.5. The van der Waals surface area contributed by atoms with Crippen molar-refractivity contribution < 1.29 is 19.1 Å². The van der Waals surface area contributed by atoms with E-state index in [-0.39, 0.29) is 11.8 Å². The molecule has 2 aliphatic heterocycles. The van der Waals surface area contributed by atoms with Crippen LogP contribution in [0.5, 0.6) is 11.5 Å². The summed E-state index contributed by atoms with van der Waals surface area (Å²) in [5.41, 5.74) is 14.4. The fraction of sp³-hybridized carbons (Fsp3) is 0.444. The molecule has 4 aromatic carbocycles. The van der Waals surface area contributed by atoms with E-state index in [1.807, 2.05) is 29.2 Å². The minimum Gasteiger partial charge on any atom is -0.493 e. The highest BCUT2D eigenvalue weighted by Gasteiger charge is 2.49. The summed E-state index contributed by atoms with van der Waals surface area (Å²) in [5.74, 6) is 2.90. The van der Waals surface area contributed by atoms with Gasteiger partial charge in [-0.25, -0.2) is 0 Å². The molecule has 0 saturated heterocycles. The number of hydrogen-bond acceptors (Lipinski definition) is 5. The maximum absolute atomic E-state index is 15.0. The van der Waals surface area contributed by atoms with Crippen LogP contribution in [0.2, 0.25) is 0 Å². The number of nitrogens with two attached hydrogens (primary N) is 1. The molecule has 2 amide bonds. The number of amides is 2. The molecule has 3 unspecified atom stereocenters. The summed E-state index contributed by atoms with van der Waals surface area (Å²) in [5, 5.41) is 0. The maximum atomic E-state index is 15.0. The molecule has 3 atom stereocenters. The number of rotatable bonds is 24. The first-order valence-corrected chi connectivity index (χ1v) is 23.2. The highest BCUT2D eigenvalue weighted by molar-refractivity contribution is 6.30. The van der Waals surface area contributed by atoms with Gasteiger partial charge in [-0.05, 0) is 101 Å². The Hall–Kier alpha value is -5.14. The summed E-state index contributed by atoms with van der Waals surface area (Å²) >= 11 is 0. The largest absolute Gasteiger partial charge is 0.493 e. The van der Waals surface area contributed by atoms with Crippen LogP contribution in [0.15, 0.2) is 108 Å². The molecule has 2 heterocycles. The van der Waals surface area contributed by atoms with E-state index in [4.69, 9.17) is 15.2 Å². The zero-order valence-electron chi connectivity index (χ0n) is 37.7. The van der Waals surface area contributed by atoms with Crippen molar-refractivity contribution in [3.8, 4) is 33.8 Å². The second-order valence-corrected chi connectivity index (χ2v) is 17.1. The fourth-order valence-corrected chi connectivity index (χ4v) is 8.41. The van der Waals surface area contributed by atoms with E-state index >= 15 is 0 Å². The summed E-state index contributed by atoms with van der Waals surface area (Å²) in [7, 11) is 0. The third-order valence-electron chi connectivity index (χ3n) is 12.7. The SMILES string of the molecule is CCCCC(CC)COc1ccc(-c2ccc(C3=C4C(=O)N(CC(CC)CCCC)C(c5ccc(-c6ccc(OCC(C)CC)cc6)cc5)=C4C(=O)N3CCCN)cc2)cc1. The lowest BCUT2D eigenvalue weighted by Gasteiger charge is -2.28. The Kier molecular flexibility index (Phi) is 16.4. The van der Waals surface area contributed by atoms with Crippen molar-refractivity contribution in [1.82, 2.24) is 9.80 Å². The second-order valence-electron chi connectivity index (χ2n) is 17.1. The Morgan fingerprint density at radius 1 is 0.508 bits per heavy atom. The van der Waals surface area contributed by atoms with Gasteiger partial charge in [-0.3, -0.25) is 9.59 Å². The van der Waals surface area contributed by atoms with Crippen molar-refractivity contribution in [2.45, 2.75) is 106 Å². The van der Waals surface area contributed by atoms with Crippen LogP contribution in [-0.2, 0) is 9.59 Å². The van der Waals surface area contributed by atoms with Gasteiger partial charge in [-0.15, -0.1) is 0 Å². The number of fused-ring (bicyclic) bond motifs is 1. The quantitative estimate of drug-likeness (QED) is 0.0761. The van der Waals surface area contributed by atoms with Crippen molar-refractivity contribution in [1.29, 1.82) is 0 Å².